The van der Waals surface area contributed by atoms with E-state index in [0.29, 0.717) is 4.90 Å². The van der Waals surface area contributed by atoms with Gasteiger partial charge in [0.05, 0.1) is 11.2 Å². The predicted octanol–water partition coefficient (Wildman–Crippen LogP) is 2.16. The number of rotatable bonds is 0. The third-order valence-corrected chi connectivity index (χ3v) is 1.67. The molecule has 0 bridgehead atoms. The zero-order valence-electron chi connectivity index (χ0n) is 4.31. The lowest BCUT2D eigenvalue weighted by atomic mass is 10.5. The Balaban J connectivity index is 3.25. The largest absolute Gasteiger partial charge is 0.260 e. The van der Waals surface area contributed by atoms with E-state index in [2.05, 4.69) is 17.6 Å². The summed E-state index contributed by atoms with van der Waals surface area (Å²) < 4.78 is 12.3. The van der Waals surface area contributed by atoms with Crippen molar-refractivity contribution in [2.45, 2.75) is 4.90 Å². The van der Waals surface area contributed by atoms with Crippen molar-refractivity contribution in [1.82, 2.24) is 4.98 Å². The van der Waals surface area contributed by atoms with Gasteiger partial charge in [-0.3, -0.25) is 4.98 Å². The second-order valence-electron chi connectivity index (χ2n) is 1.45. The molecule has 0 atom stereocenters. The molecule has 0 N–H and O–H groups in total. The van der Waals surface area contributed by atoms with Gasteiger partial charge in [-0.1, -0.05) is 11.6 Å². The summed E-state index contributed by atoms with van der Waals surface area (Å²) in [4.78, 5) is 3.87. The standard InChI is InChI=1S/C5H3ClFNS/c6-5-3(7)1-8-2-4(5)9/h1-2,9H. The maximum Gasteiger partial charge on any atom is 0.161 e. The minimum Gasteiger partial charge on any atom is -0.260 e. The minimum absolute atomic E-state index is 0.0216. The second-order valence-corrected chi connectivity index (χ2v) is 2.31. The zero-order chi connectivity index (χ0) is 6.85. The first-order valence-corrected chi connectivity index (χ1v) is 3.02. The summed E-state index contributed by atoms with van der Waals surface area (Å²) in [6.45, 7) is 0. The monoisotopic (exact) mass is 163 g/mol. The number of thiol groups is 1. The van der Waals surface area contributed by atoms with E-state index in [1.54, 1.807) is 0 Å². The first-order valence-electron chi connectivity index (χ1n) is 2.20. The van der Waals surface area contributed by atoms with E-state index in [0.717, 1.165) is 6.20 Å². The van der Waals surface area contributed by atoms with E-state index in [9.17, 15) is 4.39 Å². The normalized spacial score (nSPS) is 9.67. The lowest BCUT2D eigenvalue weighted by Crippen LogP contribution is -1.80. The molecule has 1 aromatic heterocycles. The van der Waals surface area contributed by atoms with Crippen LogP contribution in [0.5, 0.6) is 0 Å². The third-order valence-electron chi connectivity index (χ3n) is 0.819. The van der Waals surface area contributed by atoms with Gasteiger partial charge in [0.15, 0.2) is 5.82 Å². The smallest absolute Gasteiger partial charge is 0.161 e. The van der Waals surface area contributed by atoms with Crippen LogP contribution in [-0.2, 0) is 0 Å². The summed E-state index contributed by atoms with van der Waals surface area (Å²) in [5.74, 6) is -0.538. The average Bonchev–Trinajstić information content (AvgIpc) is 1.83. The molecule has 0 aliphatic heterocycles. The molecule has 0 saturated carbocycles. The fourth-order valence-corrected chi connectivity index (χ4v) is 0.680. The first-order chi connectivity index (χ1) is 4.22. The molecule has 1 heterocycles. The van der Waals surface area contributed by atoms with Gasteiger partial charge < -0.3 is 0 Å². The lowest BCUT2D eigenvalue weighted by Gasteiger charge is -1.93. The zero-order valence-corrected chi connectivity index (χ0v) is 5.96. The average molecular weight is 164 g/mol. The van der Waals surface area contributed by atoms with E-state index < -0.39 is 5.82 Å². The highest BCUT2D eigenvalue weighted by molar-refractivity contribution is 7.80. The summed E-state index contributed by atoms with van der Waals surface area (Å²) >= 11 is 9.22. The van der Waals surface area contributed by atoms with Gasteiger partial charge in [-0.15, -0.1) is 12.6 Å². The van der Waals surface area contributed by atoms with E-state index in [1.807, 2.05) is 0 Å². The van der Waals surface area contributed by atoms with E-state index >= 15 is 0 Å². The molecule has 0 radical (unpaired) electrons. The van der Waals surface area contributed by atoms with Crippen LogP contribution in [0.1, 0.15) is 0 Å². The van der Waals surface area contributed by atoms with Crippen LogP contribution in [0.25, 0.3) is 0 Å². The summed E-state index contributed by atoms with van der Waals surface area (Å²) in [7, 11) is 0. The Morgan fingerprint density at radius 1 is 1.56 bits per heavy atom. The number of nitrogens with zero attached hydrogens (tertiary/aromatic N) is 1. The number of hydrogen-bond acceptors (Lipinski definition) is 2. The van der Waals surface area contributed by atoms with Crippen LogP contribution in [-0.4, -0.2) is 4.98 Å². The highest BCUT2D eigenvalue weighted by Crippen LogP contribution is 2.20. The molecule has 1 nitrogen and oxygen atoms in total. The van der Waals surface area contributed by atoms with Gasteiger partial charge in [-0.05, 0) is 0 Å². The number of halogens is 2. The molecule has 0 amide bonds. The molecule has 48 valence electrons. The van der Waals surface area contributed by atoms with Crippen LogP contribution >= 0.6 is 24.2 Å². The Bertz CT molecular complexity index is 208. The molecular weight excluding hydrogens is 161 g/mol. The van der Waals surface area contributed by atoms with E-state index in [-0.39, 0.29) is 5.02 Å². The maximum atomic E-state index is 12.3. The molecule has 0 unspecified atom stereocenters. The Hall–Kier alpha value is -0.280. The highest BCUT2D eigenvalue weighted by atomic mass is 35.5. The van der Waals surface area contributed by atoms with Gasteiger partial charge in [0.1, 0.15) is 0 Å². The van der Waals surface area contributed by atoms with Gasteiger partial charge in [-0.2, -0.15) is 0 Å². The SMILES string of the molecule is Fc1cncc(S)c1Cl. The Morgan fingerprint density at radius 3 is 2.67 bits per heavy atom. The molecule has 0 spiro atoms. The van der Waals surface area contributed by atoms with Crippen molar-refractivity contribution in [2.75, 3.05) is 0 Å². The van der Waals surface area contributed by atoms with Crippen LogP contribution in [0, 0.1) is 5.82 Å². The van der Waals surface area contributed by atoms with Crippen LogP contribution in [0.15, 0.2) is 17.3 Å². The van der Waals surface area contributed by atoms with Crippen molar-refractivity contribution in [2.24, 2.45) is 0 Å². The lowest BCUT2D eigenvalue weighted by molar-refractivity contribution is 0.617. The van der Waals surface area contributed by atoms with E-state index in [1.165, 1.54) is 6.20 Å². The number of aromatic nitrogens is 1. The molecule has 0 aliphatic rings. The predicted molar refractivity (Wildman–Crippen MR) is 36.5 cm³/mol. The summed E-state index contributed by atoms with van der Waals surface area (Å²) in [5.41, 5.74) is 0. The molecule has 0 aliphatic carbocycles. The number of hydrogen-bond donors (Lipinski definition) is 1. The second kappa shape index (κ2) is 2.54. The summed E-state index contributed by atoms with van der Waals surface area (Å²) in [5, 5.41) is 0.0216. The quantitative estimate of drug-likeness (QED) is 0.579. The molecule has 4 heteroatoms. The third kappa shape index (κ3) is 1.34. The van der Waals surface area contributed by atoms with Gasteiger partial charge in [0, 0.05) is 11.1 Å². The molecule has 0 saturated heterocycles. The van der Waals surface area contributed by atoms with Crippen molar-refractivity contribution in [3.63, 3.8) is 0 Å². The van der Waals surface area contributed by atoms with Gasteiger partial charge in [0.25, 0.3) is 0 Å². The summed E-state index contributed by atoms with van der Waals surface area (Å²) in [6.07, 6.45) is 2.43. The van der Waals surface area contributed by atoms with Crippen molar-refractivity contribution < 1.29 is 4.39 Å². The molecule has 9 heavy (non-hydrogen) atoms. The summed E-state index contributed by atoms with van der Waals surface area (Å²) in [6, 6.07) is 0. The topological polar surface area (TPSA) is 12.9 Å². The highest BCUT2D eigenvalue weighted by Gasteiger charge is 2.00. The molecule has 0 fully saturated rings. The van der Waals surface area contributed by atoms with Crippen molar-refractivity contribution in [1.29, 1.82) is 0 Å². The van der Waals surface area contributed by atoms with Gasteiger partial charge in [-0.25, -0.2) is 4.39 Å². The Kier molecular flexibility index (Phi) is 1.93. The fraction of sp³-hybridized carbons (Fsp3) is 0. The molecule has 0 aromatic carbocycles. The molecule has 1 rings (SSSR count). The van der Waals surface area contributed by atoms with Crippen molar-refractivity contribution >= 4 is 24.2 Å². The van der Waals surface area contributed by atoms with Crippen LogP contribution in [0.4, 0.5) is 4.39 Å². The van der Waals surface area contributed by atoms with Gasteiger partial charge in [0.2, 0.25) is 0 Å². The van der Waals surface area contributed by atoms with Crippen molar-refractivity contribution in [3.8, 4) is 0 Å². The number of pyridine rings is 1. The van der Waals surface area contributed by atoms with Crippen molar-refractivity contribution in [3.05, 3.63) is 23.2 Å². The van der Waals surface area contributed by atoms with Crippen LogP contribution in [0.2, 0.25) is 5.02 Å². The van der Waals surface area contributed by atoms with Crippen LogP contribution in [0.3, 0.4) is 0 Å². The Labute approximate surface area is 62.3 Å². The van der Waals surface area contributed by atoms with E-state index in [4.69, 9.17) is 11.6 Å². The minimum atomic E-state index is -0.538. The fourth-order valence-electron chi connectivity index (χ4n) is 0.409. The Morgan fingerprint density at radius 2 is 2.22 bits per heavy atom. The maximum absolute atomic E-state index is 12.3. The van der Waals surface area contributed by atoms with Gasteiger partial charge >= 0.3 is 0 Å². The molecule has 1 aromatic rings. The molecular formula is C5H3ClFNS. The van der Waals surface area contributed by atoms with Crippen LogP contribution < -0.4 is 0 Å². The first kappa shape index (κ1) is 6.83.